The molecular weight excluding hydrogens is 430 g/mol. The van der Waals surface area contributed by atoms with E-state index in [1.807, 2.05) is 30.3 Å². The highest BCUT2D eigenvalue weighted by Crippen LogP contribution is 2.37. The van der Waals surface area contributed by atoms with Crippen LogP contribution in [0.2, 0.25) is 0 Å². The summed E-state index contributed by atoms with van der Waals surface area (Å²) < 4.78 is 7.51. The summed E-state index contributed by atoms with van der Waals surface area (Å²) in [6.45, 7) is 2.53. The second-order valence-electron chi connectivity index (χ2n) is 7.80. The van der Waals surface area contributed by atoms with E-state index in [0.717, 1.165) is 31.4 Å². The number of aliphatic hydroxyl groups excluding tert-OH is 3. The molecule has 4 atom stereocenters. The van der Waals surface area contributed by atoms with E-state index in [2.05, 4.69) is 22.2 Å². The van der Waals surface area contributed by atoms with Gasteiger partial charge in [0, 0.05) is 12.3 Å². The Balaban J connectivity index is 1.69. The molecule has 4 N–H and O–H groups in total. The monoisotopic (exact) mass is 459 g/mol. The summed E-state index contributed by atoms with van der Waals surface area (Å²) in [5, 5.41) is 34.4. The van der Waals surface area contributed by atoms with Crippen LogP contribution in [0.25, 0.3) is 11.2 Å². The largest absolute Gasteiger partial charge is 0.394 e. The number of benzene rings is 1. The van der Waals surface area contributed by atoms with Crippen molar-refractivity contribution in [1.82, 2.24) is 19.5 Å². The molecule has 0 spiro atoms. The number of thioether (sulfide) groups is 1. The first-order valence-corrected chi connectivity index (χ1v) is 11.9. The first kappa shape index (κ1) is 22.9. The van der Waals surface area contributed by atoms with Crippen LogP contribution in [0.5, 0.6) is 0 Å². The smallest absolute Gasteiger partial charge is 0.172 e. The quantitative estimate of drug-likeness (QED) is 0.267. The predicted octanol–water partition coefficient (Wildman–Crippen LogP) is 2.33. The average Bonchev–Trinajstić information content (AvgIpc) is 3.33. The Morgan fingerprint density at radius 2 is 1.94 bits per heavy atom. The van der Waals surface area contributed by atoms with Crippen molar-refractivity contribution in [1.29, 1.82) is 0 Å². The van der Waals surface area contributed by atoms with Crippen LogP contribution in [-0.2, 0) is 10.5 Å². The molecule has 3 heterocycles. The van der Waals surface area contributed by atoms with Gasteiger partial charge in [-0.1, -0.05) is 61.9 Å². The number of anilines is 1. The van der Waals surface area contributed by atoms with E-state index >= 15 is 0 Å². The lowest BCUT2D eigenvalue weighted by Crippen LogP contribution is -2.33. The topological polar surface area (TPSA) is 126 Å². The second kappa shape index (κ2) is 10.6. The zero-order chi connectivity index (χ0) is 22.5. The number of aromatic nitrogens is 4. The molecule has 1 aromatic carbocycles. The number of imidazole rings is 1. The fourth-order valence-corrected chi connectivity index (χ4v) is 4.72. The highest BCUT2D eigenvalue weighted by atomic mass is 32.2. The standard InChI is InChI=1S/C22H29N5O4S/c1-2-3-7-10-23-19-16-20(25-13-24-19)27(21-18(30)17(29)15(11-28)31-21)22(26-16)32-12-14-8-5-4-6-9-14/h4-6,8-9,13,15,17-18,21,28-30H,2-3,7,10-12H2,1H3,(H,23,24,25)/t15-,17-,18-,21-/m1/s1. The van der Waals surface area contributed by atoms with Crippen LogP contribution in [0.15, 0.2) is 41.8 Å². The number of fused-ring (bicyclic) bond motifs is 1. The molecule has 32 heavy (non-hydrogen) atoms. The Morgan fingerprint density at radius 3 is 2.66 bits per heavy atom. The van der Waals surface area contributed by atoms with Crippen LogP contribution in [0.1, 0.15) is 38.0 Å². The molecule has 9 nitrogen and oxygen atoms in total. The maximum absolute atomic E-state index is 10.7. The van der Waals surface area contributed by atoms with Crippen molar-refractivity contribution in [2.75, 3.05) is 18.5 Å². The van der Waals surface area contributed by atoms with E-state index in [9.17, 15) is 15.3 Å². The number of nitrogens with zero attached hydrogens (tertiary/aromatic N) is 4. The molecule has 0 amide bonds. The van der Waals surface area contributed by atoms with Gasteiger partial charge in [0.05, 0.1) is 6.61 Å². The molecule has 1 aliphatic rings. The van der Waals surface area contributed by atoms with Crippen LogP contribution in [0, 0.1) is 0 Å². The molecule has 0 radical (unpaired) electrons. The zero-order valence-electron chi connectivity index (χ0n) is 18.0. The third kappa shape index (κ3) is 4.74. The van der Waals surface area contributed by atoms with E-state index < -0.39 is 31.1 Å². The molecule has 1 aliphatic heterocycles. The van der Waals surface area contributed by atoms with Crippen molar-refractivity contribution < 1.29 is 20.1 Å². The highest BCUT2D eigenvalue weighted by molar-refractivity contribution is 7.98. The lowest BCUT2D eigenvalue weighted by atomic mass is 10.1. The predicted molar refractivity (Wildman–Crippen MR) is 122 cm³/mol. The van der Waals surface area contributed by atoms with Gasteiger partial charge in [-0.15, -0.1) is 0 Å². The van der Waals surface area contributed by atoms with Crippen molar-refractivity contribution in [2.24, 2.45) is 0 Å². The summed E-state index contributed by atoms with van der Waals surface area (Å²) in [6, 6.07) is 10.00. The van der Waals surface area contributed by atoms with E-state index in [4.69, 9.17) is 9.72 Å². The van der Waals surface area contributed by atoms with Crippen molar-refractivity contribution in [3.8, 4) is 0 Å². The molecule has 0 saturated carbocycles. The zero-order valence-corrected chi connectivity index (χ0v) is 18.8. The molecule has 0 aliphatic carbocycles. The number of rotatable bonds is 10. The normalized spacial score (nSPS) is 23.1. The fraction of sp³-hybridized carbons (Fsp3) is 0.500. The van der Waals surface area contributed by atoms with Crippen LogP contribution in [-0.4, -0.2) is 66.3 Å². The first-order valence-electron chi connectivity index (χ1n) is 10.9. The molecule has 0 unspecified atom stereocenters. The summed E-state index contributed by atoms with van der Waals surface area (Å²) in [7, 11) is 0. The van der Waals surface area contributed by atoms with Crippen LogP contribution in [0.4, 0.5) is 5.82 Å². The van der Waals surface area contributed by atoms with Crippen molar-refractivity contribution in [2.45, 2.75) is 61.6 Å². The Kier molecular flexibility index (Phi) is 7.59. The van der Waals surface area contributed by atoms with Gasteiger partial charge in [0.25, 0.3) is 0 Å². The maximum atomic E-state index is 10.7. The summed E-state index contributed by atoms with van der Waals surface area (Å²) in [5.41, 5.74) is 2.21. The van der Waals surface area contributed by atoms with Gasteiger partial charge in [-0.25, -0.2) is 15.0 Å². The van der Waals surface area contributed by atoms with Crippen LogP contribution in [0.3, 0.4) is 0 Å². The van der Waals surface area contributed by atoms with Gasteiger partial charge >= 0.3 is 0 Å². The Hall–Kier alpha value is -2.24. The number of nitrogens with one attached hydrogen (secondary N) is 1. The molecule has 2 aromatic heterocycles. The molecule has 172 valence electrons. The minimum Gasteiger partial charge on any atom is -0.394 e. The number of unbranched alkanes of at least 4 members (excludes halogenated alkanes) is 2. The van der Waals surface area contributed by atoms with Crippen molar-refractivity contribution >= 4 is 28.7 Å². The Morgan fingerprint density at radius 1 is 1.12 bits per heavy atom. The van der Waals surface area contributed by atoms with Gasteiger partial charge in [0.1, 0.15) is 24.6 Å². The number of hydrogen-bond acceptors (Lipinski definition) is 9. The first-order chi connectivity index (χ1) is 15.6. The molecule has 4 rings (SSSR count). The molecule has 1 fully saturated rings. The maximum Gasteiger partial charge on any atom is 0.172 e. The molecule has 3 aromatic rings. The minimum absolute atomic E-state index is 0.396. The summed E-state index contributed by atoms with van der Waals surface area (Å²) in [6.07, 6.45) is 0.487. The Bertz CT molecular complexity index is 1020. The SMILES string of the molecule is CCCCCNc1ncnc2c1nc(SCc1ccccc1)n2[C@@H]1O[C@H](CO)[C@@H](O)[C@H]1O. The van der Waals surface area contributed by atoms with E-state index in [-0.39, 0.29) is 0 Å². The molecule has 1 saturated heterocycles. The third-order valence-corrected chi connectivity index (χ3v) is 6.52. The fourth-order valence-electron chi connectivity index (χ4n) is 3.75. The van der Waals surface area contributed by atoms with Crippen LogP contribution >= 0.6 is 11.8 Å². The summed E-state index contributed by atoms with van der Waals surface area (Å²) in [5.74, 6) is 1.28. The van der Waals surface area contributed by atoms with Gasteiger partial charge in [-0.3, -0.25) is 4.57 Å². The van der Waals surface area contributed by atoms with Gasteiger partial charge in [0.15, 0.2) is 28.4 Å². The van der Waals surface area contributed by atoms with Crippen LogP contribution < -0.4 is 5.32 Å². The van der Waals surface area contributed by atoms with E-state index in [0.29, 0.717) is 27.9 Å². The van der Waals surface area contributed by atoms with Gasteiger partial charge in [-0.05, 0) is 12.0 Å². The summed E-state index contributed by atoms with van der Waals surface area (Å²) in [4.78, 5) is 13.6. The lowest BCUT2D eigenvalue weighted by Gasteiger charge is -2.19. The number of ether oxygens (including phenoxy) is 1. The van der Waals surface area contributed by atoms with E-state index in [1.54, 1.807) is 4.57 Å². The van der Waals surface area contributed by atoms with Crippen molar-refractivity contribution in [3.05, 3.63) is 42.2 Å². The second-order valence-corrected chi connectivity index (χ2v) is 8.74. The average molecular weight is 460 g/mol. The summed E-state index contributed by atoms with van der Waals surface area (Å²) >= 11 is 1.49. The highest BCUT2D eigenvalue weighted by Gasteiger charge is 2.45. The molecular formula is C22H29N5O4S. The Labute approximate surface area is 190 Å². The van der Waals surface area contributed by atoms with Gasteiger partial charge in [0.2, 0.25) is 0 Å². The number of hydrogen-bond donors (Lipinski definition) is 4. The van der Waals surface area contributed by atoms with Gasteiger partial charge in [-0.2, -0.15) is 0 Å². The van der Waals surface area contributed by atoms with Gasteiger partial charge < -0.3 is 25.4 Å². The van der Waals surface area contributed by atoms with E-state index in [1.165, 1.54) is 18.1 Å². The number of aliphatic hydroxyl groups is 3. The molecule has 0 bridgehead atoms. The minimum atomic E-state index is -1.23. The third-order valence-electron chi connectivity index (χ3n) is 5.50. The molecule has 10 heteroatoms. The lowest BCUT2D eigenvalue weighted by molar-refractivity contribution is -0.0548. The van der Waals surface area contributed by atoms with Crippen molar-refractivity contribution in [3.63, 3.8) is 0 Å².